The zero-order chi connectivity index (χ0) is 12.0. The van der Waals surface area contributed by atoms with E-state index >= 15 is 0 Å². The monoisotopic (exact) mass is 251 g/mol. The molecule has 0 bridgehead atoms. The standard InChI is InChI=1S/C11H13ClF3N/c12-8-9-4-1-2-5-10(9)16-7-3-6-11(13,14)15/h1-2,4-5,16H,3,6-8H2. The maximum Gasteiger partial charge on any atom is 0.389 e. The van der Waals surface area contributed by atoms with E-state index in [4.69, 9.17) is 11.6 Å². The van der Waals surface area contributed by atoms with Crippen molar-refractivity contribution < 1.29 is 13.2 Å². The molecule has 1 rings (SSSR count). The zero-order valence-corrected chi connectivity index (χ0v) is 9.41. The summed E-state index contributed by atoms with van der Waals surface area (Å²) in [5.74, 6) is 0.350. The summed E-state index contributed by atoms with van der Waals surface area (Å²) in [5, 5.41) is 2.95. The highest BCUT2D eigenvalue weighted by Gasteiger charge is 2.25. The van der Waals surface area contributed by atoms with Crippen LogP contribution in [0.15, 0.2) is 24.3 Å². The molecule has 1 nitrogen and oxygen atoms in total. The number of hydrogen-bond donors (Lipinski definition) is 1. The second kappa shape index (κ2) is 5.99. The molecule has 0 aliphatic carbocycles. The van der Waals surface area contributed by atoms with Crippen LogP contribution in [0.5, 0.6) is 0 Å². The van der Waals surface area contributed by atoms with Gasteiger partial charge in [0.05, 0.1) is 0 Å². The van der Waals surface area contributed by atoms with Crippen LogP contribution in [0.1, 0.15) is 18.4 Å². The summed E-state index contributed by atoms with van der Waals surface area (Å²) >= 11 is 5.70. The molecule has 0 aliphatic rings. The highest BCUT2D eigenvalue weighted by molar-refractivity contribution is 6.17. The number of alkyl halides is 4. The maximum absolute atomic E-state index is 11.9. The fourth-order valence-electron chi connectivity index (χ4n) is 1.32. The molecule has 1 aromatic rings. The Labute approximate surface area is 97.6 Å². The predicted octanol–water partition coefficient (Wildman–Crippen LogP) is 4.18. The first kappa shape index (κ1) is 13.2. The smallest absolute Gasteiger partial charge is 0.385 e. The van der Waals surface area contributed by atoms with Crippen LogP contribution in [0.2, 0.25) is 0 Å². The van der Waals surface area contributed by atoms with Gasteiger partial charge >= 0.3 is 6.18 Å². The number of nitrogens with one attached hydrogen (secondary N) is 1. The highest BCUT2D eigenvalue weighted by atomic mass is 35.5. The third kappa shape index (κ3) is 4.75. The lowest BCUT2D eigenvalue weighted by Crippen LogP contribution is -2.11. The fraction of sp³-hybridized carbons (Fsp3) is 0.455. The van der Waals surface area contributed by atoms with Crippen molar-refractivity contribution in [3.8, 4) is 0 Å². The Hall–Kier alpha value is -0.900. The Morgan fingerprint density at radius 2 is 1.88 bits per heavy atom. The van der Waals surface area contributed by atoms with Crippen LogP contribution < -0.4 is 5.32 Å². The first-order valence-corrected chi connectivity index (χ1v) is 5.51. The number of rotatable bonds is 5. The molecule has 0 heterocycles. The summed E-state index contributed by atoms with van der Waals surface area (Å²) < 4.78 is 35.6. The minimum Gasteiger partial charge on any atom is -0.385 e. The lowest BCUT2D eigenvalue weighted by Gasteiger charge is -2.11. The molecule has 0 atom stereocenters. The second-order valence-corrected chi connectivity index (χ2v) is 3.70. The van der Waals surface area contributed by atoms with Gasteiger partial charge in [-0.3, -0.25) is 0 Å². The number of benzene rings is 1. The van der Waals surface area contributed by atoms with E-state index in [0.717, 1.165) is 11.3 Å². The molecule has 0 amide bonds. The van der Waals surface area contributed by atoms with Gasteiger partial charge in [-0.25, -0.2) is 0 Å². The van der Waals surface area contributed by atoms with Crippen molar-refractivity contribution in [1.29, 1.82) is 0 Å². The molecular weight excluding hydrogens is 239 g/mol. The highest BCUT2D eigenvalue weighted by Crippen LogP contribution is 2.22. The van der Waals surface area contributed by atoms with Gasteiger partial charge in [-0.15, -0.1) is 11.6 Å². The lowest BCUT2D eigenvalue weighted by molar-refractivity contribution is -0.134. The summed E-state index contributed by atoms with van der Waals surface area (Å²) in [4.78, 5) is 0. The van der Waals surface area contributed by atoms with Gasteiger partial charge in [0, 0.05) is 24.5 Å². The van der Waals surface area contributed by atoms with E-state index < -0.39 is 12.6 Å². The van der Waals surface area contributed by atoms with E-state index in [9.17, 15) is 13.2 Å². The van der Waals surface area contributed by atoms with Gasteiger partial charge in [-0.1, -0.05) is 18.2 Å². The summed E-state index contributed by atoms with van der Waals surface area (Å²) in [7, 11) is 0. The normalized spacial score (nSPS) is 11.5. The number of anilines is 1. The molecule has 0 spiro atoms. The van der Waals surface area contributed by atoms with Crippen LogP contribution in [0.3, 0.4) is 0 Å². The number of hydrogen-bond acceptors (Lipinski definition) is 1. The first-order valence-electron chi connectivity index (χ1n) is 4.97. The molecule has 0 aliphatic heterocycles. The minimum atomic E-state index is -4.08. The van der Waals surface area contributed by atoms with Crippen molar-refractivity contribution in [3.05, 3.63) is 29.8 Å². The Balaban J connectivity index is 2.37. The molecule has 90 valence electrons. The average molecular weight is 252 g/mol. The van der Waals surface area contributed by atoms with E-state index in [1.807, 2.05) is 24.3 Å². The van der Waals surface area contributed by atoms with Crippen LogP contribution in [0.4, 0.5) is 18.9 Å². The van der Waals surface area contributed by atoms with Crippen molar-refractivity contribution in [3.63, 3.8) is 0 Å². The topological polar surface area (TPSA) is 12.0 Å². The van der Waals surface area contributed by atoms with Gasteiger partial charge in [0.15, 0.2) is 0 Å². The third-order valence-electron chi connectivity index (χ3n) is 2.11. The van der Waals surface area contributed by atoms with Crippen molar-refractivity contribution in [1.82, 2.24) is 0 Å². The van der Waals surface area contributed by atoms with E-state index in [1.165, 1.54) is 0 Å². The Morgan fingerprint density at radius 3 is 2.50 bits per heavy atom. The summed E-state index contributed by atoms with van der Waals surface area (Å²) in [6, 6.07) is 7.32. The van der Waals surface area contributed by atoms with Crippen molar-refractivity contribution in [2.45, 2.75) is 24.9 Å². The molecule has 5 heteroatoms. The van der Waals surface area contributed by atoms with Crippen LogP contribution in [-0.2, 0) is 5.88 Å². The summed E-state index contributed by atoms with van der Waals surface area (Å²) in [6.45, 7) is 0.299. The molecule has 0 unspecified atom stereocenters. The van der Waals surface area contributed by atoms with Gasteiger partial charge < -0.3 is 5.32 Å². The lowest BCUT2D eigenvalue weighted by atomic mass is 10.2. The second-order valence-electron chi connectivity index (χ2n) is 3.44. The van der Waals surface area contributed by atoms with Gasteiger partial charge in [0.2, 0.25) is 0 Å². The quantitative estimate of drug-likeness (QED) is 0.611. The minimum absolute atomic E-state index is 0.0696. The molecular formula is C11H13ClF3N. The largest absolute Gasteiger partial charge is 0.389 e. The van der Waals surface area contributed by atoms with Crippen molar-refractivity contribution >= 4 is 17.3 Å². The van der Waals surface area contributed by atoms with Crippen LogP contribution in [0, 0.1) is 0 Å². The predicted molar refractivity (Wildman–Crippen MR) is 59.8 cm³/mol. The van der Waals surface area contributed by atoms with E-state index in [0.29, 0.717) is 12.4 Å². The number of para-hydroxylation sites is 1. The number of halogens is 4. The van der Waals surface area contributed by atoms with Gasteiger partial charge in [0.25, 0.3) is 0 Å². The molecule has 0 radical (unpaired) electrons. The van der Waals surface area contributed by atoms with Crippen molar-refractivity contribution in [2.75, 3.05) is 11.9 Å². The first-order chi connectivity index (χ1) is 7.53. The van der Waals surface area contributed by atoms with E-state index in [2.05, 4.69) is 5.32 Å². The van der Waals surface area contributed by atoms with Gasteiger partial charge in [-0.2, -0.15) is 13.2 Å². The molecule has 1 aromatic carbocycles. The van der Waals surface area contributed by atoms with Gasteiger partial charge in [0.1, 0.15) is 0 Å². The Kier molecular flexibility index (Phi) is 4.93. The average Bonchev–Trinajstić information content (AvgIpc) is 2.23. The molecule has 0 saturated heterocycles. The van der Waals surface area contributed by atoms with E-state index in [-0.39, 0.29) is 6.42 Å². The van der Waals surface area contributed by atoms with Crippen LogP contribution in [0.25, 0.3) is 0 Å². The summed E-state index contributed by atoms with van der Waals surface area (Å²) in [6.07, 6.45) is -4.77. The zero-order valence-electron chi connectivity index (χ0n) is 8.65. The molecule has 16 heavy (non-hydrogen) atoms. The van der Waals surface area contributed by atoms with Crippen molar-refractivity contribution in [2.24, 2.45) is 0 Å². The molecule has 0 aromatic heterocycles. The summed E-state index contributed by atoms with van der Waals surface area (Å²) in [5.41, 5.74) is 1.70. The Morgan fingerprint density at radius 1 is 1.19 bits per heavy atom. The maximum atomic E-state index is 11.9. The SMILES string of the molecule is FC(F)(F)CCCNc1ccccc1CCl. The van der Waals surface area contributed by atoms with Gasteiger partial charge in [-0.05, 0) is 18.1 Å². The Bertz CT molecular complexity index is 325. The van der Waals surface area contributed by atoms with Crippen LogP contribution in [-0.4, -0.2) is 12.7 Å². The third-order valence-corrected chi connectivity index (χ3v) is 2.40. The fourth-order valence-corrected chi connectivity index (χ4v) is 1.55. The molecule has 1 N–H and O–H groups in total. The van der Waals surface area contributed by atoms with E-state index in [1.54, 1.807) is 0 Å². The molecule has 0 saturated carbocycles. The van der Waals surface area contributed by atoms with Crippen LogP contribution >= 0.6 is 11.6 Å². The molecule has 0 fully saturated rings.